The first kappa shape index (κ1) is 11.4. The minimum atomic E-state index is 0.411. The highest BCUT2D eigenvalue weighted by atomic mass is 127. The van der Waals surface area contributed by atoms with E-state index in [0.29, 0.717) is 6.04 Å². The second-order valence-corrected chi connectivity index (χ2v) is 6.27. The summed E-state index contributed by atoms with van der Waals surface area (Å²) in [4.78, 5) is 9.84. The van der Waals surface area contributed by atoms with Gasteiger partial charge in [-0.1, -0.05) is 0 Å². The van der Waals surface area contributed by atoms with Gasteiger partial charge >= 0.3 is 0 Å². The van der Waals surface area contributed by atoms with Gasteiger partial charge in [-0.05, 0) is 58.9 Å². The summed E-state index contributed by atoms with van der Waals surface area (Å²) in [6.07, 6.45) is 7.11. The summed E-state index contributed by atoms with van der Waals surface area (Å²) in [6, 6.07) is 2.65. The largest absolute Gasteiger partial charge is 0.362 e. The highest BCUT2D eigenvalue weighted by Gasteiger charge is 2.21. The fourth-order valence-electron chi connectivity index (χ4n) is 2.22. The van der Waals surface area contributed by atoms with E-state index in [2.05, 4.69) is 49.3 Å². The Morgan fingerprint density at radius 1 is 1.47 bits per heavy atom. The lowest BCUT2D eigenvalue weighted by molar-refractivity contribution is 0.606. The Morgan fingerprint density at radius 2 is 2.41 bits per heavy atom. The van der Waals surface area contributed by atoms with Crippen LogP contribution in [0.5, 0.6) is 0 Å². The van der Waals surface area contributed by atoms with Gasteiger partial charge in [0.15, 0.2) is 0 Å². The maximum Gasteiger partial charge on any atom is 0.143 e. The number of aromatic nitrogens is 2. The molecule has 0 fully saturated rings. The van der Waals surface area contributed by atoms with Crippen molar-refractivity contribution in [2.45, 2.75) is 25.3 Å². The van der Waals surface area contributed by atoms with E-state index < -0.39 is 0 Å². The van der Waals surface area contributed by atoms with Crippen molar-refractivity contribution in [3.63, 3.8) is 0 Å². The number of thiophene rings is 1. The van der Waals surface area contributed by atoms with Crippen LogP contribution in [-0.2, 0) is 6.42 Å². The first-order valence-electron chi connectivity index (χ1n) is 5.63. The van der Waals surface area contributed by atoms with Gasteiger partial charge < -0.3 is 5.32 Å². The Labute approximate surface area is 118 Å². The SMILES string of the molecule is Ic1cncnc1NC1CCCc2sccc21. The zero-order valence-electron chi connectivity index (χ0n) is 9.19. The Morgan fingerprint density at radius 3 is 3.29 bits per heavy atom. The quantitative estimate of drug-likeness (QED) is 0.834. The van der Waals surface area contributed by atoms with Crippen molar-refractivity contribution in [3.05, 3.63) is 38.0 Å². The fraction of sp³-hybridized carbons (Fsp3) is 0.333. The summed E-state index contributed by atoms with van der Waals surface area (Å²) < 4.78 is 1.08. The third-order valence-corrected chi connectivity index (χ3v) is 4.82. The first-order valence-corrected chi connectivity index (χ1v) is 7.59. The number of anilines is 1. The van der Waals surface area contributed by atoms with Gasteiger partial charge in [0.25, 0.3) is 0 Å². The van der Waals surface area contributed by atoms with Gasteiger partial charge in [-0.15, -0.1) is 11.3 Å². The van der Waals surface area contributed by atoms with Crippen molar-refractivity contribution >= 4 is 39.7 Å². The van der Waals surface area contributed by atoms with E-state index in [9.17, 15) is 0 Å². The maximum absolute atomic E-state index is 4.30. The molecule has 5 heteroatoms. The lowest BCUT2D eigenvalue weighted by Gasteiger charge is -2.24. The molecule has 17 heavy (non-hydrogen) atoms. The Bertz CT molecular complexity index is 526. The highest BCUT2D eigenvalue weighted by molar-refractivity contribution is 14.1. The predicted molar refractivity (Wildman–Crippen MR) is 78.4 cm³/mol. The molecule has 2 heterocycles. The molecule has 0 saturated carbocycles. The molecule has 3 rings (SSSR count). The predicted octanol–water partition coefficient (Wildman–Crippen LogP) is 3.63. The summed E-state index contributed by atoms with van der Waals surface area (Å²) in [5, 5.41) is 5.73. The molecule has 0 amide bonds. The summed E-state index contributed by atoms with van der Waals surface area (Å²) >= 11 is 4.14. The molecule has 1 aliphatic rings. The number of nitrogens with zero attached hydrogens (tertiary/aromatic N) is 2. The van der Waals surface area contributed by atoms with E-state index >= 15 is 0 Å². The van der Waals surface area contributed by atoms with E-state index in [1.54, 1.807) is 6.33 Å². The molecule has 1 aliphatic carbocycles. The van der Waals surface area contributed by atoms with Gasteiger partial charge in [-0.3, -0.25) is 0 Å². The topological polar surface area (TPSA) is 37.8 Å². The maximum atomic E-state index is 4.30. The number of hydrogen-bond acceptors (Lipinski definition) is 4. The van der Waals surface area contributed by atoms with Gasteiger partial charge in [-0.25, -0.2) is 9.97 Å². The molecule has 3 nitrogen and oxygen atoms in total. The lowest BCUT2D eigenvalue weighted by atomic mass is 9.94. The third-order valence-electron chi connectivity index (χ3n) is 3.03. The van der Waals surface area contributed by atoms with Crippen LogP contribution in [0.25, 0.3) is 0 Å². The molecule has 0 saturated heterocycles. The molecule has 2 aromatic rings. The lowest BCUT2D eigenvalue weighted by Crippen LogP contribution is -2.17. The van der Waals surface area contributed by atoms with Gasteiger partial charge in [-0.2, -0.15) is 0 Å². The molecule has 0 aliphatic heterocycles. The van der Waals surface area contributed by atoms with Crippen LogP contribution in [-0.4, -0.2) is 9.97 Å². The van der Waals surface area contributed by atoms with Crippen molar-refractivity contribution < 1.29 is 0 Å². The minimum Gasteiger partial charge on any atom is -0.362 e. The van der Waals surface area contributed by atoms with Crippen molar-refractivity contribution in [3.8, 4) is 0 Å². The van der Waals surface area contributed by atoms with E-state index in [-0.39, 0.29) is 0 Å². The molecule has 0 bridgehead atoms. The Kier molecular flexibility index (Phi) is 3.28. The number of halogens is 1. The molecule has 0 aromatic carbocycles. The number of rotatable bonds is 2. The first-order chi connectivity index (χ1) is 8.34. The summed E-state index contributed by atoms with van der Waals surface area (Å²) in [5.74, 6) is 0.949. The monoisotopic (exact) mass is 357 g/mol. The molecule has 2 aromatic heterocycles. The third kappa shape index (κ3) is 2.30. The van der Waals surface area contributed by atoms with Crippen molar-refractivity contribution in [2.24, 2.45) is 0 Å². The molecule has 1 N–H and O–H groups in total. The summed E-state index contributed by atoms with van der Waals surface area (Å²) in [6.45, 7) is 0. The van der Waals surface area contributed by atoms with E-state index in [0.717, 1.165) is 9.39 Å². The van der Waals surface area contributed by atoms with Crippen LogP contribution >= 0.6 is 33.9 Å². The number of hydrogen-bond donors (Lipinski definition) is 1. The van der Waals surface area contributed by atoms with Crippen molar-refractivity contribution in [1.29, 1.82) is 0 Å². The number of fused-ring (bicyclic) bond motifs is 1. The molecule has 0 radical (unpaired) electrons. The fourth-order valence-corrected chi connectivity index (χ4v) is 3.66. The standard InChI is InChI=1S/C12H12IN3S/c13-9-6-14-7-15-12(9)16-10-2-1-3-11-8(10)4-5-17-11/h4-7,10H,1-3H2,(H,14,15,16). The molecule has 0 spiro atoms. The van der Waals surface area contributed by atoms with Gasteiger partial charge in [0.2, 0.25) is 0 Å². The van der Waals surface area contributed by atoms with E-state index in [1.807, 2.05) is 17.5 Å². The van der Waals surface area contributed by atoms with E-state index in [4.69, 9.17) is 0 Å². The van der Waals surface area contributed by atoms with Crippen LogP contribution in [0.2, 0.25) is 0 Å². The summed E-state index contributed by atoms with van der Waals surface area (Å²) in [5.41, 5.74) is 1.45. The Balaban J connectivity index is 1.86. The minimum absolute atomic E-state index is 0.411. The molecule has 88 valence electrons. The van der Waals surface area contributed by atoms with Crippen LogP contribution < -0.4 is 5.32 Å². The van der Waals surface area contributed by atoms with Gasteiger partial charge in [0.05, 0.1) is 9.61 Å². The van der Waals surface area contributed by atoms with E-state index in [1.165, 1.54) is 29.7 Å². The normalized spacial score (nSPS) is 18.8. The molecular formula is C12H12IN3S. The van der Waals surface area contributed by atoms with Gasteiger partial charge in [0.1, 0.15) is 12.1 Å². The average Bonchev–Trinajstić information content (AvgIpc) is 2.81. The number of aryl methyl sites for hydroxylation is 1. The smallest absolute Gasteiger partial charge is 0.143 e. The van der Waals surface area contributed by atoms with Crippen LogP contribution in [0, 0.1) is 3.57 Å². The second kappa shape index (κ2) is 4.89. The number of nitrogens with one attached hydrogen (secondary N) is 1. The van der Waals surface area contributed by atoms with Crippen LogP contribution in [0.3, 0.4) is 0 Å². The van der Waals surface area contributed by atoms with Gasteiger partial charge in [0, 0.05) is 11.1 Å². The molecular weight excluding hydrogens is 345 g/mol. The average molecular weight is 357 g/mol. The zero-order chi connectivity index (χ0) is 11.7. The van der Waals surface area contributed by atoms with Crippen molar-refractivity contribution in [2.75, 3.05) is 5.32 Å². The van der Waals surface area contributed by atoms with Crippen LogP contribution in [0.1, 0.15) is 29.3 Å². The molecule has 1 atom stereocenters. The van der Waals surface area contributed by atoms with Crippen molar-refractivity contribution in [1.82, 2.24) is 9.97 Å². The summed E-state index contributed by atoms with van der Waals surface area (Å²) in [7, 11) is 0. The Hall–Kier alpha value is -0.690. The zero-order valence-corrected chi connectivity index (χ0v) is 12.2. The van der Waals surface area contributed by atoms with Crippen LogP contribution in [0.15, 0.2) is 24.0 Å². The second-order valence-electron chi connectivity index (χ2n) is 4.11. The van der Waals surface area contributed by atoms with Crippen LogP contribution in [0.4, 0.5) is 5.82 Å². The molecule has 1 unspecified atom stereocenters. The highest BCUT2D eigenvalue weighted by Crippen LogP contribution is 2.35.